The third kappa shape index (κ3) is 3.73. The van der Waals surface area contributed by atoms with Crippen LogP contribution in [-0.4, -0.2) is 60.6 Å². The fourth-order valence-corrected chi connectivity index (χ4v) is 4.64. The van der Waals surface area contributed by atoms with Crippen LogP contribution in [0.2, 0.25) is 0 Å². The van der Waals surface area contributed by atoms with E-state index in [1.807, 2.05) is 44.2 Å². The number of rotatable bonds is 5. The second-order valence-corrected chi connectivity index (χ2v) is 7.52. The van der Waals surface area contributed by atoms with E-state index in [9.17, 15) is 13.2 Å². The van der Waals surface area contributed by atoms with Crippen LogP contribution in [0.5, 0.6) is 0 Å². The lowest BCUT2D eigenvalue weighted by molar-refractivity contribution is -0.133. The maximum atomic E-state index is 12.7. The molecular formula is C16H25N3O3S. The summed E-state index contributed by atoms with van der Waals surface area (Å²) in [6.45, 7) is 7.14. The maximum Gasteiger partial charge on any atom is 0.282 e. The molecule has 7 heteroatoms. The topological polar surface area (TPSA) is 60.9 Å². The summed E-state index contributed by atoms with van der Waals surface area (Å²) in [5.74, 6) is -0.0289. The van der Waals surface area contributed by atoms with E-state index in [2.05, 4.69) is 0 Å². The predicted molar refractivity (Wildman–Crippen MR) is 90.0 cm³/mol. The van der Waals surface area contributed by atoms with Gasteiger partial charge in [0.1, 0.15) is 0 Å². The lowest BCUT2D eigenvalue weighted by atomic mass is 10.0. The summed E-state index contributed by atoms with van der Waals surface area (Å²) in [6.07, 6.45) is 0. The average molecular weight is 339 g/mol. The number of piperazine rings is 1. The highest BCUT2D eigenvalue weighted by Crippen LogP contribution is 2.27. The van der Waals surface area contributed by atoms with Crippen molar-refractivity contribution < 1.29 is 13.2 Å². The number of benzene rings is 1. The molecule has 1 fully saturated rings. The van der Waals surface area contributed by atoms with Crippen LogP contribution in [0.1, 0.15) is 32.4 Å². The van der Waals surface area contributed by atoms with Crippen LogP contribution < -0.4 is 0 Å². The molecule has 1 amide bonds. The molecule has 1 aliphatic heterocycles. The molecule has 6 nitrogen and oxygen atoms in total. The van der Waals surface area contributed by atoms with Crippen LogP contribution >= 0.6 is 0 Å². The van der Waals surface area contributed by atoms with Crippen molar-refractivity contribution >= 4 is 16.1 Å². The number of carbonyl (C=O) groups excluding carboxylic acids is 1. The van der Waals surface area contributed by atoms with Gasteiger partial charge in [-0.15, -0.1) is 0 Å². The molecule has 1 atom stereocenters. The van der Waals surface area contributed by atoms with Gasteiger partial charge in [0.25, 0.3) is 10.2 Å². The Kier molecular flexibility index (Phi) is 5.78. The molecule has 1 saturated heterocycles. The summed E-state index contributed by atoms with van der Waals surface area (Å²) in [7, 11) is -3.49. The highest BCUT2D eigenvalue weighted by atomic mass is 32.2. The van der Waals surface area contributed by atoms with Gasteiger partial charge in [0, 0.05) is 39.6 Å². The Labute approximate surface area is 138 Å². The van der Waals surface area contributed by atoms with Gasteiger partial charge in [0.05, 0.1) is 6.04 Å². The molecule has 0 spiro atoms. The van der Waals surface area contributed by atoms with Gasteiger partial charge in [0.2, 0.25) is 5.91 Å². The first-order valence-electron chi connectivity index (χ1n) is 7.99. The van der Waals surface area contributed by atoms with Crippen LogP contribution in [0, 0.1) is 0 Å². The van der Waals surface area contributed by atoms with E-state index in [1.54, 1.807) is 4.90 Å². The summed E-state index contributed by atoms with van der Waals surface area (Å²) < 4.78 is 28.5. The zero-order valence-electron chi connectivity index (χ0n) is 14.0. The van der Waals surface area contributed by atoms with Crippen LogP contribution in [0.15, 0.2) is 30.3 Å². The monoisotopic (exact) mass is 339 g/mol. The van der Waals surface area contributed by atoms with Crippen molar-refractivity contribution in [1.82, 2.24) is 13.5 Å². The summed E-state index contributed by atoms with van der Waals surface area (Å²) in [6, 6.07) is 9.36. The Morgan fingerprint density at radius 2 is 1.78 bits per heavy atom. The molecule has 0 saturated carbocycles. The number of amides is 1. The highest BCUT2D eigenvalue weighted by Gasteiger charge is 2.37. The molecule has 0 radical (unpaired) electrons. The van der Waals surface area contributed by atoms with Crippen LogP contribution in [0.4, 0.5) is 0 Å². The van der Waals surface area contributed by atoms with Crippen molar-refractivity contribution in [2.75, 3.05) is 32.7 Å². The maximum absolute atomic E-state index is 12.7. The van der Waals surface area contributed by atoms with Gasteiger partial charge in [-0.05, 0) is 5.56 Å². The first-order chi connectivity index (χ1) is 10.9. The molecule has 0 N–H and O–H groups in total. The number of hydrogen-bond donors (Lipinski definition) is 0. The van der Waals surface area contributed by atoms with Gasteiger partial charge in [-0.1, -0.05) is 44.2 Å². The van der Waals surface area contributed by atoms with E-state index < -0.39 is 10.2 Å². The lowest BCUT2D eigenvalue weighted by Crippen LogP contribution is -2.55. The zero-order chi connectivity index (χ0) is 17.0. The minimum Gasteiger partial charge on any atom is -0.333 e. The molecule has 0 aliphatic carbocycles. The van der Waals surface area contributed by atoms with E-state index in [-0.39, 0.29) is 11.9 Å². The molecule has 23 heavy (non-hydrogen) atoms. The van der Waals surface area contributed by atoms with E-state index in [1.165, 1.54) is 15.5 Å². The Morgan fingerprint density at radius 1 is 1.17 bits per heavy atom. The lowest BCUT2D eigenvalue weighted by Gasteiger charge is -2.41. The van der Waals surface area contributed by atoms with Crippen LogP contribution in [0.3, 0.4) is 0 Å². The Hall–Kier alpha value is -1.44. The molecule has 0 bridgehead atoms. The molecule has 2 rings (SSSR count). The SMILES string of the molecule is CCN(CC)S(=O)(=O)N1CCN(C(C)=O)C(c2ccccc2)C1. The van der Waals surface area contributed by atoms with Crippen molar-refractivity contribution in [1.29, 1.82) is 0 Å². The minimum absolute atomic E-state index is 0.0289. The Balaban J connectivity index is 2.30. The Morgan fingerprint density at radius 3 is 2.30 bits per heavy atom. The molecule has 128 valence electrons. The van der Waals surface area contributed by atoms with E-state index in [0.717, 1.165) is 5.56 Å². The average Bonchev–Trinajstić information content (AvgIpc) is 2.56. The molecule has 1 heterocycles. The quantitative estimate of drug-likeness (QED) is 0.816. The van der Waals surface area contributed by atoms with E-state index in [4.69, 9.17) is 0 Å². The molecule has 0 aromatic heterocycles. The number of hydrogen-bond acceptors (Lipinski definition) is 3. The summed E-state index contributed by atoms with van der Waals surface area (Å²) in [5.41, 5.74) is 0.960. The first-order valence-corrected chi connectivity index (χ1v) is 9.38. The van der Waals surface area contributed by atoms with Gasteiger partial charge < -0.3 is 4.90 Å². The zero-order valence-corrected chi connectivity index (χ0v) is 14.8. The van der Waals surface area contributed by atoms with E-state index in [0.29, 0.717) is 32.7 Å². The second kappa shape index (κ2) is 7.42. The smallest absolute Gasteiger partial charge is 0.282 e. The van der Waals surface area contributed by atoms with Gasteiger partial charge in [-0.25, -0.2) is 0 Å². The molecule has 1 aromatic rings. The predicted octanol–water partition coefficient (Wildman–Crippen LogP) is 1.48. The molecular weight excluding hydrogens is 314 g/mol. The second-order valence-electron chi connectivity index (χ2n) is 5.59. The van der Waals surface area contributed by atoms with Gasteiger partial charge in [-0.3, -0.25) is 4.79 Å². The van der Waals surface area contributed by atoms with Crippen molar-refractivity contribution in [3.8, 4) is 0 Å². The van der Waals surface area contributed by atoms with Crippen LogP contribution in [-0.2, 0) is 15.0 Å². The van der Waals surface area contributed by atoms with Crippen molar-refractivity contribution in [2.45, 2.75) is 26.8 Å². The summed E-state index contributed by atoms with van der Waals surface area (Å²) in [4.78, 5) is 13.7. The largest absolute Gasteiger partial charge is 0.333 e. The molecule has 1 aromatic carbocycles. The fraction of sp³-hybridized carbons (Fsp3) is 0.562. The standard InChI is InChI=1S/C16H25N3O3S/c1-4-17(5-2)23(21,22)18-11-12-19(14(3)20)16(13-18)15-9-7-6-8-10-15/h6-10,16H,4-5,11-13H2,1-3H3. The van der Waals surface area contributed by atoms with Crippen LogP contribution in [0.25, 0.3) is 0 Å². The number of nitrogens with zero attached hydrogens (tertiary/aromatic N) is 3. The van der Waals surface area contributed by atoms with Gasteiger partial charge >= 0.3 is 0 Å². The third-order valence-electron chi connectivity index (χ3n) is 4.29. The van der Waals surface area contributed by atoms with Crippen molar-refractivity contribution in [3.63, 3.8) is 0 Å². The summed E-state index contributed by atoms with van der Waals surface area (Å²) >= 11 is 0. The third-order valence-corrected chi connectivity index (χ3v) is 6.44. The molecule has 1 unspecified atom stereocenters. The minimum atomic E-state index is -3.49. The van der Waals surface area contributed by atoms with Crippen molar-refractivity contribution in [3.05, 3.63) is 35.9 Å². The summed E-state index contributed by atoms with van der Waals surface area (Å²) in [5, 5.41) is 0. The van der Waals surface area contributed by atoms with Gasteiger partial charge in [0.15, 0.2) is 0 Å². The fourth-order valence-electron chi connectivity index (χ4n) is 3.02. The normalized spacial score (nSPS) is 20.0. The first kappa shape index (κ1) is 17.9. The number of carbonyl (C=O) groups is 1. The highest BCUT2D eigenvalue weighted by molar-refractivity contribution is 7.86. The molecule has 1 aliphatic rings. The van der Waals surface area contributed by atoms with Crippen molar-refractivity contribution in [2.24, 2.45) is 0 Å². The van der Waals surface area contributed by atoms with Gasteiger partial charge in [-0.2, -0.15) is 17.0 Å². The Bertz CT molecular complexity index is 629. The van der Waals surface area contributed by atoms with E-state index >= 15 is 0 Å².